The molecule has 1 aliphatic carbocycles. The van der Waals surface area contributed by atoms with Crippen LogP contribution in [0.15, 0.2) is 36.9 Å². The number of carbonyl (C=O) groups is 1. The van der Waals surface area contributed by atoms with Crippen LogP contribution in [0.4, 0.5) is 5.82 Å². The second-order valence-electron chi connectivity index (χ2n) is 10.6. The molecule has 0 saturated heterocycles. The van der Waals surface area contributed by atoms with Gasteiger partial charge in [-0.3, -0.25) is 9.36 Å². The number of benzene rings is 1. The lowest BCUT2D eigenvalue weighted by Crippen LogP contribution is -2.50. The van der Waals surface area contributed by atoms with Gasteiger partial charge in [0.05, 0.1) is 30.6 Å². The van der Waals surface area contributed by atoms with E-state index < -0.39 is 24.5 Å². The SMILES string of the molecule is CC(C)OC(=O)C(C)(C)NP(=O)(COC(C)Cn1cnc2c(N)ncnc21)NC1(c2ccc(Cl)cc2)CC1. The predicted molar refractivity (Wildman–Crippen MR) is 147 cm³/mol. The van der Waals surface area contributed by atoms with Crippen molar-refractivity contribution in [2.75, 3.05) is 12.1 Å². The maximum atomic E-state index is 14.4. The van der Waals surface area contributed by atoms with Crippen molar-refractivity contribution in [1.82, 2.24) is 29.7 Å². The maximum Gasteiger partial charge on any atom is 0.326 e. The molecule has 13 heteroatoms. The molecule has 0 aliphatic heterocycles. The van der Waals surface area contributed by atoms with E-state index in [0.717, 1.165) is 18.4 Å². The molecule has 1 saturated carbocycles. The number of anilines is 1. The number of fused-ring (bicyclic) bond motifs is 1. The van der Waals surface area contributed by atoms with Gasteiger partial charge in [0.2, 0.25) is 7.44 Å². The number of imidazole rings is 1. The number of nitrogens with two attached hydrogens (primary N) is 1. The van der Waals surface area contributed by atoms with E-state index in [2.05, 4.69) is 25.1 Å². The van der Waals surface area contributed by atoms with Crippen molar-refractivity contribution in [2.24, 2.45) is 0 Å². The fourth-order valence-electron chi connectivity index (χ4n) is 4.25. The van der Waals surface area contributed by atoms with Crippen molar-refractivity contribution < 1.29 is 18.8 Å². The molecule has 0 amide bonds. The second-order valence-corrected chi connectivity index (χ2v) is 13.2. The van der Waals surface area contributed by atoms with E-state index in [9.17, 15) is 9.36 Å². The monoisotopic (exact) mass is 563 g/mol. The quantitative estimate of drug-likeness (QED) is 0.216. The smallest absolute Gasteiger partial charge is 0.326 e. The molecule has 0 spiro atoms. The third kappa shape index (κ3) is 6.52. The van der Waals surface area contributed by atoms with Crippen molar-refractivity contribution in [3.63, 3.8) is 0 Å². The Labute approximate surface area is 227 Å². The lowest BCUT2D eigenvalue weighted by atomic mass is 10.1. The molecule has 3 aromatic rings. The Morgan fingerprint density at radius 3 is 2.53 bits per heavy atom. The fraction of sp³-hybridized carbons (Fsp3) is 0.520. The Kier molecular flexibility index (Phi) is 8.16. The number of hydrogen-bond donors (Lipinski definition) is 3. The average molecular weight is 564 g/mol. The highest BCUT2D eigenvalue weighted by Gasteiger charge is 2.50. The Morgan fingerprint density at radius 1 is 1.21 bits per heavy atom. The van der Waals surface area contributed by atoms with Crippen LogP contribution < -0.4 is 15.9 Å². The number of nitrogens with zero attached hydrogens (tertiary/aromatic N) is 4. The van der Waals surface area contributed by atoms with Crippen LogP contribution in [-0.2, 0) is 30.9 Å². The molecule has 38 heavy (non-hydrogen) atoms. The molecule has 4 N–H and O–H groups in total. The van der Waals surface area contributed by atoms with Gasteiger partial charge in [0, 0.05) is 5.02 Å². The molecule has 11 nitrogen and oxygen atoms in total. The van der Waals surface area contributed by atoms with Crippen LogP contribution >= 0.6 is 19.0 Å². The summed E-state index contributed by atoms with van der Waals surface area (Å²) in [7, 11) is -3.50. The molecule has 2 aromatic heterocycles. The summed E-state index contributed by atoms with van der Waals surface area (Å²) in [5, 5.41) is 7.04. The summed E-state index contributed by atoms with van der Waals surface area (Å²) in [6.07, 6.45) is 3.75. The summed E-state index contributed by atoms with van der Waals surface area (Å²) in [4.78, 5) is 25.3. The Morgan fingerprint density at radius 2 is 1.89 bits per heavy atom. The molecule has 1 fully saturated rings. The zero-order valence-corrected chi connectivity index (χ0v) is 23.9. The van der Waals surface area contributed by atoms with Crippen LogP contribution in [0.1, 0.15) is 53.0 Å². The van der Waals surface area contributed by atoms with Crippen molar-refractivity contribution in [1.29, 1.82) is 0 Å². The first-order valence-corrected chi connectivity index (χ1v) is 14.8. The minimum absolute atomic E-state index is 0.161. The molecule has 206 valence electrons. The Hall–Kier alpha value is -2.56. The van der Waals surface area contributed by atoms with E-state index >= 15 is 0 Å². The van der Waals surface area contributed by atoms with Gasteiger partial charge in [0.1, 0.15) is 23.7 Å². The first-order valence-electron chi connectivity index (χ1n) is 12.5. The Balaban J connectivity index is 1.53. The maximum absolute atomic E-state index is 14.4. The summed E-state index contributed by atoms with van der Waals surface area (Å²) >= 11 is 6.09. The highest BCUT2D eigenvalue weighted by Crippen LogP contribution is 2.54. The molecule has 1 aliphatic rings. The van der Waals surface area contributed by atoms with E-state index in [1.807, 2.05) is 35.8 Å². The molecule has 0 radical (unpaired) electrons. The minimum atomic E-state index is -3.50. The number of rotatable bonds is 12. The van der Waals surface area contributed by atoms with E-state index in [4.69, 9.17) is 26.8 Å². The zero-order chi connectivity index (χ0) is 27.7. The van der Waals surface area contributed by atoms with Gasteiger partial charge >= 0.3 is 5.97 Å². The van der Waals surface area contributed by atoms with Crippen LogP contribution in [-0.4, -0.2) is 49.6 Å². The Bertz CT molecular complexity index is 1340. The normalized spacial score (nSPS) is 17.3. The van der Waals surface area contributed by atoms with Crippen LogP contribution in [0.3, 0.4) is 0 Å². The number of ether oxygens (including phenoxy) is 2. The van der Waals surface area contributed by atoms with E-state index in [0.29, 0.717) is 28.5 Å². The molecule has 2 heterocycles. The van der Waals surface area contributed by atoms with Gasteiger partial charge in [-0.25, -0.2) is 25.1 Å². The number of nitrogens with one attached hydrogen (secondary N) is 2. The largest absolute Gasteiger partial charge is 0.462 e. The first kappa shape index (κ1) is 28.4. The third-order valence-electron chi connectivity index (χ3n) is 6.28. The summed E-state index contributed by atoms with van der Waals surface area (Å²) < 4.78 is 27.8. The van der Waals surface area contributed by atoms with Crippen molar-refractivity contribution >= 4 is 42.0 Å². The van der Waals surface area contributed by atoms with Crippen molar-refractivity contribution in [3.05, 3.63) is 47.5 Å². The minimum Gasteiger partial charge on any atom is -0.462 e. The third-order valence-corrected chi connectivity index (χ3v) is 8.75. The molecule has 0 bridgehead atoms. The van der Waals surface area contributed by atoms with Crippen molar-refractivity contribution in [2.45, 2.75) is 77.3 Å². The number of carbonyl (C=O) groups excluding carboxylic acids is 1. The summed E-state index contributed by atoms with van der Waals surface area (Å²) in [5.74, 6) is -0.200. The average Bonchev–Trinajstić information content (AvgIpc) is 3.49. The number of hydrogen-bond acceptors (Lipinski definition) is 8. The summed E-state index contributed by atoms with van der Waals surface area (Å²) in [6.45, 7) is 9.11. The van der Waals surface area contributed by atoms with Crippen LogP contribution in [0.25, 0.3) is 11.2 Å². The van der Waals surface area contributed by atoms with Gasteiger partial charge in [-0.2, -0.15) is 0 Å². The van der Waals surface area contributed by atoms with Crippen LogP contribution in [0.5, 0.6) is 0 Å². The summed E-state index contributed by atoms with van der Waals surface area (Å²) in [5.41, 5.74) is 6.23. The predicted octanol–water partition coefficient (Wildman–Crippen LogP) is 4.22. The topological polar surface area (TPSA) is 146 Å². The second kappa shape index (κ2) is 10.9. The molecule has 4 rings (SSSR count). The lowest BCUT2D eigenvalue weighted by Gasteiger charge is -2.34. The van der Waals surface area contributed by atoms with Gasteiger partial charge < -0.3 is 19.8 Å². The van der Waals surface area contributed by atoms with Gasteiger partial charge in [-0.05, 0) is 65.2 Å². The van der Waals surface area contributed by atoms with Crippen LogP contribution in [0, 0.1) is 0 Å². The molecular formula is C25H35ClN7O4P. The zero-order valence-electron chi connectivity index (χ0n) is 22.3. The molecule has 2 atom stereocenters. The van der Waals surface area contributed by atoms with Gasteiger partial charge in [-0.1, -0.05) is 23.7 Å². The molecular weight excluding hydrogens is 529 g/mol. The van der Waals surface area contributed by atoms with E-state index in [1.54, 1.807) is 34.0 Å². The number of halogens is 1. The van der Waals surface area contributed by atoms with Gasteiger partial charge in [-0.15, -0.1) is 0 Å². The standard InChI is InChI=1S/C25H35ClN7O4P/c1-16(2)37-23(34)24(4,5)31-38(35,32-25(10-11-25)18-6-8-19(26)9-7-18)15-36-17(3)12-33-14-30-20-21(27)28-13-29-22(20)33/h6-9,13-14,16-17H,10-12,15H2,1-5H3,(H2,27,28,29)(H2,31,32,35). The number of nitrogen functional groups attached to an aromatic ring is 1. The lowest BCUT2D eigenvalue weighted by molar-refractivity contribution is -0.153. The van der Waals surface area contributed by atoms with Gasteiger partial charge in [0.25, 0.3) is 0 Å². The van der Waals surface area contributed by atoms with Gasteiger partial charge in [0.15, 0.2) is 11.5 Å². The van der Waals surface area contributed by atoms with E-state index in [-0.39, 0.29) is 18.6 Å². The van der Waals surface area contributed by atoms with Crippen molar-refractivity contribution in [3.8, 4) is 0 Å². The van der Waals surface area contributed by atoms with E-state index in [1.165, 1.54) is 6.33 Å². The van der Waals surface area contributed by atoms with Crippen LogP contribution in [0.2, 0.25) is 5.02 Å². The highest BCUT2D eigenvalue weighted by molar-refractivity contribution is 7.59. The highest BCUT2D eigenvalue weighted by atomic mass is 35.5. The molecule has 2 unspecified atom stereocenters. The fourth-order valence-corrected chi connectivity index (χ4v) is 7.06. The summed E-state index contributed by atoms with van der Waals surface area (Å²) in [6, 6.07) is 7.47. The number of esters is 1. The number of aromatic nitrogens is 4. The molecule has 1 aromatic carbocycles. The first-order chi connectivity index (χ1) is 17.8.